The Morgan fingerprint density at radius 2 is 1.93 bits per heavy atom. The smallest absolute Gasteiger partial charge is 0.383 e. The number of aliphatic hydroxyl groups is 1. The number of halogens is 4. The van der Waals surface area contributed by atoms with Gasteiger partial charge in [0, 0.05) is 25.2 Å². The summed E-state index contributed by atoms with van der Waals surface area (Å²) in [7, 11) is -4.62. The van der Waals surface area contributed by atoms with E-state index in [1.165, 1.54) is 12.4 Å². The number of alkyl halides is 3. The maximum absolute atomic E-state index is 13.4. The predicted molar refractivity (Wildman–Crippen MR) is 147 cm³/mol. The second kappa shape index (κ2) is 11.4. The lowest BCUT2D eigenvalue weighted by atomic mass is 10.1. The van der Waals surface area contributed by atoms with E-state index in [0.29, 0.717) is 53.1 Å². The van der Waals surface area contributed by atoms with Gasteiger partial charge in [-0.15, -0.1) is 0 Å². The Morgan fingerprint density at radius 3 is 2.62 bits per heavy atom. The maximum atomic E-state index is 13.4. The zero-order valence-electron chi connectivity index (χ0n) is 22.1. The molecule has 0 bridgehead atoms. The number of sulfonamides is 1. The van der Waals surface area contributed by atoms with E-state index in [-0.39, 0.29) is 24.5 Å². The summed E-state index contributed by atoms with van der Waals surface area (Å²) < 4.78 is 82.8. The van der Waals surface area contributed by atoms with Crippen LogP contribution >= 0.6 is 0 Å². The number of hydrogen-bond donors (Lipinski definition) is 3. The Bertz CT molecular complexity index is 1730. The molecule has 0 aliphatic carbocycles. The van der Waals surface area contributed by atoms with Gasteiger partial charge in [-0.2, -0.15) is 18.3 Å². The SMILES string of the molecule is C=CC(O)N1CCCC(n2nc(-c3ccc(CNS(=O)(=O)c4ccc(F)cc4C(F)(F)F)cc3)c3c(N)ncnc32)C1. The van der Waals surface area contributed by atoms with E-state index < -0.39 is 38.7 Å². The van der Waals surface area contributed by atoms with E-state index in [0.717, 1.165) is 12.8 Å². The van der Waals surface area contributed by atoms with Crippen molar-refractivity contribution in [2.45, 2.75) is 42.7 Å². The second-order valence-corrected chi connectivity index (χ2v) is 11.6. The molecule has 1 saturated heterocycles. The molecule has 5 rings (SSSR count). The molecule has 2 aromatic heterocycles. The van der Waals surface area contributed by atoms with Gasteiger partial charge in [-0.05, 0) is 42.7 Å². The van der Waals surface area contributed by atoms with Gasteiger partial charge in [-0.25, -0.2) is 32.2 Å². The monoisotopic (exact) mass is 605 g/mol. The number of nitrogens with zero attached hydrogens (tertiary/aromatic N) is 5. The van der Waals surface area contributed by atoms with Gasteiger partial charge in [0.05, 0.1) is 21.9 Å². The zero-order chi connectivity index (χ0) is 30.2. The minimum absolute atomic E-state index is 0.111. The molecule has 0 spiro atoms. The summed E-state index contributed by atoms with van der Waals surface area (Å²) in [6, 6.07) is 7.83. The first-order valence-electron chi connectivity index (χ1n) is 12.9. The van der Waals surface area contributed by atoms with Crippen LogP contribution in [-0.4, -0.2) is 57.5 Å². The third-order valence-corrected chi connectivity index (χ3v) is 8.57. The van der Waals surface area contributed by atoms with Crippen molar-refractivity contribution in [3.8, 4) is 11.3 Å². The number of hydrogen-bond acceptors (Lipinski definition) is 8. The number of nitrogens with two attached hydrogens (primary N) is 1. The molecular formula is C27H27F4N7O3S. The lowest BCUT2D eigenvalue weighted by Gasteiger charge is -2.34. The third-order valence-electron chi connectivity index (χ3n) is 7.11. The summed E-state index contributed by atoms with van der Waals surface area (Å²) in [5.41, 5.74) is 6.73. The lowest BCUT2D eigenvalue weighted by molar-refractivity contribution is -0.140. The molecule has 42 heavy (non-hydrogen) atoms. The number of fused-ring (bicyclic) bond motifs is 1. The normalized spacial score (nSPS) is 17.4. The van der Waals surface area contributed by atoms with E-state index in [9.17, 15) is 31.1 Å². The van der Waals surface area contributed by atoms with Crippen LogP contribution in [0.1, 0.15) is 30.0 Å². The minimum atomic E-state index is -5.06. The molecule has 0 amide bonds. The van der Waals surface area contributed by atoms with Crippen LogP contribution in [0.3, 0.4) is 0 Å². The van der Waals surface area contributed by atoms with Crippen LogP contribution in [0.25, 0.3) is 22.3 Å². The fourth-order valence-electron chi connectivity index (χ4n) is 5.02. The highest BCUT2D eigenvalue weighted by atomic mass is 32.2. The molecule has 4 N–H and O–H groups in total. The second-order valence-electron chi connectivity index (χ2n) is 9.85. The van der Waals surface area contributed by atoms with Crippen molar-refractivity contribution < 1.29 is 31.1 Å². The first kappa shape index (κ1) is 29.6. The lowest BCUT2D eigenvalue weighted by Crippen LogP contribution is -2.42. The molecule has 2 unspecified atom stereocenters. The van der Waals surface area contributed by atoms with Gasteiger partial charge in [-0.3, -0.25) is 4.90 Å². The molecule has 10 nitrogen and oxygen atoms in total. The number of piperidine rings is 1. The maximum Gasteiger partial charge on any atom is 0.417 e. The number of nitrogens with one attached hydrogen (secondary N) is 1. The Morgan fingerprint density at radius 1 is 1.19 bits per heavy atom. The largest absolute Gasteiger partial charge is 0.417 e. The number of aliphatic hydroxyl groups excluding tert-OH is 1. The first-order chi connectivity index (χ1) is 19.9. The third kappa shape index (κ3) is 5.86. The predicted octanol–water partition coefficient (Wildman–Crippen LogP) is 3.85. The van der Waals surface area contributed by atoms with Crippen LogP contribution < -0.4 is 10.5 Å². The molecule has 222 valence electrons. The zero-order valence-corrected chi connectivity index (χ0v) is 22.9. The number of anilines is 1. The van der Waals surface area contributed by atoms with Crippen molar-refractivity contribution in [3.05, 3.63) is 78.4 Å². The standard InChI is InChI=1S/C27H27F4N7O3S/c1-2-22(39)37-11-3-4-19(14-37)38-26-23(25(32)33-15-34-26)24(36-38)17-7-5-16(6-8-17)13-35-42(40,41)21-10-9-18(28)12-20(21)27(29,30)31/h2,5-10,12,15,19,22,35,39H,1,3-4,11,13-14H2,(H2,32,33,34). The highest BCUT2D eigenvalue weighted by Gasteiger charge is 2.37. The van der Waals surface area contributed by atoms with Crippen LogP contribution in [0.2, 0.25) is 0 Å². The fourth-order valence-corrected chi connectivity index (χ4v) is 6.24. The van der Waals surface area contributed by atoms with Crippen LogP contribution in [0.15, 0.2) is 66.3 Å². The summed E-state index contributed by atoms with van der Waals surface area (Å²) >= 11 is 0. The van der Waals surface area contributed by atoms with Gasteiger partial charge in [0.25, 0.3) is 0 Å². The molecule has 3 heterocycles. The molecular weight excluding hydrogens is 578 g/mol. The number of nitrogen functional groups attached to an aromatic ring is 1. The Labute approximate surface area is 238 Å². The molecule has 1 aliphatic rings. The van der Waals surface area contributed by atoms with Gasteiger partial charge in [0.1, 0.15) is 29.9 Å². The molecule has 1 aliphatic heterocycles. The number of rotatable bonds is 8. The van der Waals surface area contributed by atoms with Crippen molar-refractivity contribution in [2.75, 3.05) is 18.8 Å². The minimum Gasteiger partial charge on any atom is -0.383 e. The fraction of sp³-hybridized carbons (Fsp3) is 0.296. The van der Waals surface area contributed by atoms with E-state index in [1.807, 2.05) is 4.90 Å². The number of aromatic nitrogens is 4. The van der Waals surface area contributed by atoms with Crippen molar-refractivity contribution in [2.24, 2.45) is 0 Å². The van der Waals surface area contributed by atoms with E-state index in [2.05, 4.69) is 21.3 Å². The Kier molecular flexibility index (Phi) is 8.02. The number of likely N-dealkylation sites (tertiary alicyclic amines) is 1. The Hall–Kier alpha value is -3.92. The summed E-state index contributed by atoms with van der Waals surface area (Å²) in [6.07, 6.45) is -1.43. The van der Waals surface area contributed by atoms with Crippen LogP contribution in [0.5, 0.6) is 0 Å². The molecule has 4 aromatic rings. The van der Waals surface area contributed by atoms with Crippen LogP contribution in [0.4, 0.5) is 23.4 Å². The summed E-state index contributed by atoms with van der Waals surface area (Å²) in [5, 5.41) is 15.6. The van der Waals surface area contributed by atoms with Gasteiger partial charge in [0.15, 0.2) is 5.65 Å². The van der Waals surface area contributed by atoms with E-state index in [4.69, 9.17) is 10.8 Å². The van der Waals surface area contributed by atoms with Gasteiger partial charge in [0.2, 0.25) is 10.0 Å². The molecule has 2 aromatic carbocycles. The van der Waals surface area contributed by atoms with Crippen molar-refractivity contribution in [1.82, 2.24) is 29.4 Å². The van der Waals surface area contributed by atoms with Crippen LogP contribution in [0, 0.1) is 5.82 Å². The molecule has 0 saturated carbocycles. The average Bonchev–Trinajstić information content (AvgIpc) is 3.36. The Balaban J connectivity index is 1.40. The highest BCUT2D eigenvalue weighted by molar-refractivity contribution is 7.89. The molecule has 1 fully saturated rings. The molecule has 0 radical (unpaired) electrons. The molecule has 15 heteroatoms. The van der Waals surface area contributed by atoms with Crippen molar-refractivity contribution in [1.29, 1.82) is 0 Å². The topological polar surface area (TPSA) is 139 Å². The summed E-state index contributed by atoms with van der Waals surface area (Å²) in [5.74, 6) is -0.982. The van der Waals surface area contributed by atoms with E-state index >= 15 is 0 Å². The summed E-state index contributed by atoms with van der Waals surface area (Å²) in [4.78, 5) is 9.34. The highest BCUT2D eigenvalue weighted by Crippen LogP contribution is 2.36. The van der Waals surface area contributed by atoms with Gasteiger partial charge in [-0.1, -0.05) is 30.8 Å². The van der Waals surface area contributed by atoms with Gasteiger partial charge >= 0.3 is 6.18 Å². The van der Waals surface area contributed by atoms with Crippen LogP contribution in [-0.2, 0) is 22.7 Å². The quantitative estimate of drug-likeness (QED) is 0.203. The van der Waals surface area contributed by atoms with Gasteiger partial charge < -0.3 is 10.8 Å². The number of benzene rings is 2. The van der Waals surface area contributed by atoms with E-state index in [1.54, 1.807) is 28.9 Å². The van der Waals surface area contributed by atoms with Crippen molar-refractivity contribution >= 4 is 26.9 Å². The molecule has 2 atom stereocenters. The summed E-state index contributed by atoms with van der Waals surface area (Å²) in [6.45, 7) is 4.55. The average molecular weight is 606 g/mol. The first-order valence-corrected chi connectivity index (χ1v) is 14.4. The van der Waals surface area contributed by atoms with Crippen molar-refractivity contribution in [3.63, 3.8) is 0 Å².